The van der Waals surface area contributed by atoms with Crippen LogP contribution in [-0.4, -0.2) is 30.4 Å². The van der Waals surface area contributed by atoms with E-state index in [0.29, 0.717) is 18.0 Å². The second-order valence-corrected chi connectivity index (χ2v) is 9.65. The number of halogens is 1. The Labute approximate surface area is 179 Å². The van der Waals surface area contributed by atoms with Crippen LogP contribution in [0.4, 0.5) is 4.39 Å². The van der Waals surface area contributed by atoms with Crippen LogP contribution in [0.5, 0.6) is 0 Å². The van der Waals surface area contributed by atoms with Crippen LogP contribution in [0.2, 0.25) is 0 Å². The molecule has 30 heavy (non-hydrogen) atoms. The number of rotatable bonds is 4. The van der Waals surface area contributed by atoms with E-state index in [2.05, 4.69) is 11.8 Å². The van der Waals surface area contributed by atoms with Gasteiger partial charge in [0.15, 0.2) is 0 Å². The minimum absolute atomic E-state index is 0.0915. The van der Waals surface area contributed by atoms with Crippen molar-refractivity contribution >= 4 is 11.9 Å². The van der Waals surface area contributed by atoms with Crippen molar-refractivity contribution in [2.45, 2.75) is 59.0 Å². The van der Waals surface area contributed by atoms with Crippen LogP contribution in [-0.2, 0) is 14.3 Å². The molecule has 1 aliphatic carbocycles. The van der Waals surface area contributed by atoms with Gasteiger partial charge in [0.2, 0.25) is 5.91 Å². The Balaban J connectivity index is 1.89. The molecule has 0 bridgehead atoms. The van der Waals surface area contributed by atoms with Gasteiger partial charge in [-0.3, -0.25) is 9.59 Å². The maximum absolute atomic E-state index is 13.5. The number of nitrogens with zero attached hydrogens (tertiary/aromatic N) is 1. The lowest BCUT2D eigenvalue weighted by molar-refractivity contribution is -0.164. The monoisotopic (exact) mass is 413 g/mol. The molecule has 0 radical (unpaired) electrons. The molecule has 3 unspecified atom stereocenters. The summed E-state index contributed by atoms with van der Waals surface area (Å²) in [6.07, 6.45) is 5.06. The van der Waals surface area contributed by atoms with Crippen LogP contribution in [0.15, 0.2) is 24.3 Å². The van der Waals surface area contributed by atoms with Crippen LogP contribution >= 0.6 is 0 Å². The van der Waals surface area contributed by atoms with Crippen molar-refractivity contribution in [3.8, 4) is 11.8 Å². The Morgan fingerprint density at radius 3 is 2.47 bits per heavy atom. The molecule has 2 aliphatic rings. The highest BCUT2D eigenvalue weighted by Crippen LogP contribution is 2.39. The zero-order valence-electron chi connectivity index (χ0n) is 18.4. The summed E-state index contributed by atoms with van der Waals surface area (Å²) in [5.41, 5.74) is -0.0968. The molecule has 3 atom stereocenters. The molecule has 1 aromatic rings. The predicted molar refractivity (Wildman–Crippen MR) is 114 cm³/mol. The van der Waals surface area contributed by atoms with Crippen molar-refractivity contribution in [2.24, 2.45) is 23.2 Å². The Hall–Kier alpha value is -2.35. The van der Waals surface area contributed by atoms with Crippen LogP contribution in [0.1, 0.15) is 64.5 Å². The Morgan fingerprint density at radius 2 is 1.87 bits per heavy atom. The van der Waals surface area contributed by atoms with Gasteiger partial charge >= 0.3 is 5.97 Å². The largest absolute Gasteiger partial charge is 0.456 e. The molecular weight excluding hydrogens is 381 g/mol. The van der Waals surface area contributed by atoms with E-state index in [1.165, 1.54) is 37.8 Å². The second-order valence-electron chi connectivity index (χ2n) is 9.65. The number of likely N-dealkylation sites (tertiary alicyclic amines) is 1. The van der Waals surface area contributed by atoms with E-state index in [1.807, 2.05) is 0 Å². The van der Waals surface area contributed by atoms with Gasteiger partial charge in [0, 0.05) is 20.0 Å². The molecular formula is C25H32FNO3. The first-order valence-corrected chi connectivity index (χ1v) is 10.9. The minimum atomic E-state index is -0.791. The Kier molecular flexibility index (Phi) is 6.85. The molecule has 3 rings (SSSR count). The standard InChI is InChI=1S/C25H32FNO3/c1-25(2,3)24(29)30-22(18-12-14-20(26)15-13-18)21-19(16-27(4)23(21)28)11-7-10-17-8-5-6-9-17/h12-15,17,19,21-22H,5-6,8-10,16H2,1-4H3. The quantitative estimate of drug-likeness (QED) is 0.529. The highest BCUT2D eigenvalue weighted by atomic mass is 19.1. The lowest BCUT2D eigenvalue weighted by Crippen LogP contribution is -2.33. The average Bonchev–Trinajstić information content (AvgIpc) is 3.29. The molecule has 1 saturated carbocycles. The smallest absolute Gasteiger partial charge is 0.311 e. The third-order valence-electron chi connectivity index (χ3n) is 6.09. The minimum Gasteiger partial charge on any atom is -0.456 e. The summed E-state index contributed by atoms with van der Waals surface area (Å²) in [6.45, 7) is 5.83. The number of hydrogen-bond acceptors (Lipinski definition) is 3. The van der Waals surface area contributed by atoms with Gasteiger partial charge in [-0.05, 0) is 57.2 Å². The topological polar surface area (TPSA) is 46.6 Å². The zero-order valence-corrected chi connectivity index (χ0v) is 18.4. The maximum atomic E-state index is 13.5. The number of carbonyl (C=O) groups is 2. The van der Waals surface area contributed by atoms with E-state index in [0.717, 1.165) is 6.42 Å². The van der Waals surface area contributed by atoms with E-state index in [9.17, 15) is 14.0 Å². The van der Waals surface area contributed by atoms with Gasteiger partial charge in [-0.1, -0.05) is 30.9 Å². The first-order chi connectivity index (χ1) is 14.2. The Morgan fingerprint density at radius 1 is 1.23 bits per heavy atom. The summed E-state index contributed by atoms with van der Waals surface area (Å²) in [7, 11) is 1.75. The summed E-state index contributed by atoms with van der Waals surface area (Å²) in [5, 5.41) is 0. The fraction of sp³-hybridized carbons (Fsp3) is 0.600. The number of amides is 1. The van der Waals surface area contributed by atoms with Crippen molar-refractivity contribution in [2.75, 3.05) is 13.6 Å². The van der Waals surface area contributed by atoms with Crippen molar-refractivity contribution < 1.29 is 18.7 Å². The summed E-state index contributed by atoms with van der Waals surface area (Å²) in [5.74, 6) is 5.59. The first kappa shape index (κ1) is 22.3. The average molecular weight is 414 g/mol. The van der Waals surface area contributed by atoms with E-state index in [4.69, 9.17) is 4.74 Å². The van der Waals surface area contributed by atoms with Crippen LogP contribution in [0.25, 0.3) is 0 Å². The number of ether oxygens (including phenoxy) is 1. The van der Waals surface area contributed by atoms with Gasteiger partial charge < -0.3 is 9.64 Å². The van der Waals surface area contributed by atoms with Crippen LogP contribution in [0, 0.1) is 40.8 Å². The van der Waals surface area contributed by atoms with E-state index in [-0.39, 0.29) is 17.6 Å². The third kappa shape index (κ3) is 5.22. The molecule has 1 aromatic carbocycles. The molecule has 1 aliphatic heterocycles. The SMILES string of the molecule is CN1CC(C#CCC2CCCC2)C(C(OC(=O)C(C)(C)C)c2ccc(F)cc2)C1=O. The van der Waals surface area contributed by atoms with Gasteiger partial charge in [0.25, 0.3) is 0 Å². The number of hydrogen-bond donors (Lipinski definition) is 0. The lowest BCUT2D eigenvalue weighted by atomic mass is 9.86. The van der Waals surface area contributed by atoms with Gasteiger partial charge in [0.05, 0.1) is 17.3 Å². The predicted octanol–water partition coefficient (Wildman–Crippen LogP) is 4.74. The number of carbonyl (C=O) groups excluding carboxylic acids is 2. The van der Waals surface area contributed by atoms with Gasteiger partial charge in [0.1, 0.15) is 11.9 Å². The van der Waals surface area contributed by atoms with Crippen molar-refractivity contribution in [1.29, 1.82) is 0 Å². The third-order valence-corrected chi connectivity index (χ3v) is 6.09. The Bertz CT molecular complexity index is 825. The van der Waals surface area contributed by atoms with Gasteiger partial charge in [-0.2, -0.15) is 0 Å². The molecule has 2 fully saturated rings. The number of esters is 1. The van der Waals surface area contributed by atoms with Crippen LogP contribution < -0.4 is 0 Å². The fourth-order valence-electron chi connectivity index (χ4n) is 4.24. The van der Waals surface area contributed by atoms with Crippen molar-refractivity contribution in [1.82, 2.24) is 4.90 Å². The molecule has 0 spiro atoms. The molecule has 5 heteroatoms. The van der Waals surface area contributed by atoms with Crippen molar-refractivity contribution in [3.63, 3.8) is 0 Å². The lowest BCUT2D eigenvalue weighted by Gasteiger charge is -2.28. The number of benzene rings is 1. The van der Waals surface area contributed by atoms with E-state index >= 15 is 0 Å². The normalized spacial score (nSPS) is 23.2. The van der Waals surface area contributed by atoms with Crippen LogP contribution in [0.3, 0.4) is 0 Å². The first-order valence-electron chi connectivity index (χ1n) is 10.9. The summed E-state index contributed by atoms with van der Waals surface area (Å²) < 4.78 is 19.4. The van der Waals surface area contributed by atoms with E-state index < -0.39 is 23.4 Å². The molecule has 162 valence electrons. The molecule has 0 aromatic heterocycles. The molecule has 0 N–H and O–H groups in total. The van der Waals surface area contributed by atoms with E-state index in [1.54, 1.807) is 44.9 Å². The van der Waals surface area contributed by atoms with Crippen molar-refractivity contribution in [3.05, 3.63) is 35.6 Å². The summed E-state index contributed by atoms with van der Waals surface area (Å²) in [6, 6.07) is 5.84. The fourth-order valence-corrected chi connectivity index (χ4v) is 4.24. The molecule has 1 heterocycles. The maximum Gasteiger partial charge on any atom is 0.311 e. The molecule has 1 saturated heterocycles. The summed E-state index contributed by atoms with van der Waals surface area (Å²) >= 11 is 0. The molecule has 1 amide bonds. The second kappa shape index (κ2) is 9.20. The summed E-state index contributed by atoms with van der Waals surface area (Å²) in [4.78, 5) is 27.4. The molecule has 4 nitrogen and oxygen atoms in total. The van der Waals surface area contributed by atoms with Gasteiger partial charge in [-0.15, -0.1) is 5.92 Å². The zero-order chi connectivity index (χ0) is 21.9. The highest BCUT2D eigenvalue weighted by molar-refractivity contribution is 5.83. The highest BCUT2D eigenvalue weighted by Gasteiger charge is 2.46. The van der Waals surface area contributed by atoms with Gasteiger partial charge in [-0.25, -0.2) is 4.39 Å².